The number of hydrogen-bond donors (Lipinski definition) is 2. The van der Waals surface area contributed by atoms with Crippen molar-refractivity contribution in [3.05, 3.63) is 0 Å². The van der Waals surface area contributed by atoms with Gasteiger partial charge in [-0.15, -0.1) is 0 Å². The van der Waals surface area contributed by atoms with E-state index in [-0.39, 0.29) is 72.4 Å². The van der Waals surface area contributed by atoms with Gasteiger partial charge in [0.15, 0.2) is 0 Å². The van der Waals surface area contributed by atoms with E-state index in [0.29, 0.717) is 0 Å². The minimum Gasteiger partial charge on any atom is -0.549 e. The molecule has 0 fully saturated rings. The molecule has 0 bridgehead atoms. The van der Waals surface area contributed by atoms with Gasteiger partial charge in [-0.1, -0.05) is 0 Å². The van der Waals surface area contributed by atoms with Crippen LogP contribution in [0.25, 0.3) is 0 Å². The molecule has 14 heteroatoms. The minimum atomic E-state index is -1.38. The van der Waals surface area contributed by atoms with Gasteiger partial charge in [0.2, 0.25) is 0 Å². The van der Waals surface area contributed by atoms with Gasteiger partial charge in [0, 0.05) is 39.3 Å². The number of carbonyl (C=O) groups is 4. The van der Waals surface area contributed by atoms with Crippen molar-refractivity contribution >= 4 is 70.0 Å². The molecule has 0 radical (unpaired) electrons. The Bertz CT molecular complexity index is 355. The summed E-state index contributed by atoms with van der Waals surface area (Å²) in [6.07, 6.45) is 0. The van der Waals surface area contributed by atoms with E-state index >= 15 is 0 Å². The zero-order valence-corrected chi connectivity index (χ0v) is 17.0. The smallest absolute Gasteiger partial charge is 0.549 e. The molecule has 12 nitrogen and oxygen atoms in total. The first-order valence-electron chi connectivity index (χ1n) is 6.58. The fraction of sp³-hybridized carbons (Fsp3) is 0.667. The Hall–Kier alpha value is -0.748. The van der Waals surface area contributed by atoms with Crippen LogP contribution in [0.5, 0.6) is 0 Å². The number of aliphatic hydroxyl groups is 2. The van der Waals surface area contributed by atoms with Crippen LogP contribution in [0, 0.1) is 0 Å². The molecule has 26 heavy (non-hydrogen) atoms. The molecule has 0 aliphatic heterocycles. The molecule has 2 N–H and O–H groups in total. The predicted octanol–water partition coefficient (Wildman–Crippen LogP) is -9.20. The molecule has 0 aromatic rings. The van der Waals surface area contributed by atoms with Gasteiger partial charge in [-0.3, -0.25) is 9.80 Å². The van der Waals surface area contributed by atoms with Crippen molar-refractivity contribution < 1.29 is 49.8 Å². The second-order valence-electron chi connectivity index (χ2n) is 4.36. The van der Waals surface area contributed by atoms with Crippen LogP contribution in [-0.2, 0) is 19.2 Å². The fourth-order valence-electron chi connectivity index (χ4n) is 1.44. The van der Waals surface area contributed by atoms with Crippen LogP contribution in [0.15, 0.2) is 0 Å². The molecule has 0 heterocycles. The Labute approximate surface area is 181 Å². The second kappa shape index (κ2) is 20.6. The van der Waals surface area contributed by atoms with Crippen molar-refractivity contribution in [1.82, 2.24) is 9.80 Å². The minimum absolute atomic E-state index is 0. The van der Waals surface area contributed by atoms with Crippen LogP contribution < -0.4 is 20.4 Å². The molecule has 0 spiro atoms. The van der Waals surface area contributed by atoms with E-state index in [9.17, 15) is 39.6 Å². The molecule has 0 rings (SSSR count). The van der Waals surface area contributed by atoms with Crippen molar-refractivity contribution in [1.29, 1.82) is 0 Å². The van der Waals surface area contributed by atoms with Gasteiger partial charge in [-0.05, 0) is 0 Å². The van der Waals surface area contributed by atoms with Crippen molar-refractivity contribution in [3.8, 4) is 0 Å². The van der Waals surface area contributed by atoms with Crippen LogP contribution in [0.2, 0.25) is 0 Å². The molecule has 0 saturated heterocycles. The van der Waals surface area contributed by atoms with Crippen molar-refractivity contribution in [3.63, 3.8) is 0 Å². The normalized spacial score (nSPS) is 9.38. The zero-order valence-electron chi connectivity index (χ0n) is 14.1. The summed E-state index contributed by atoms with van der Waals surface area (Å²) in [7, 11) is 0. The Kier molecular flexibility index (Phi) is 26.0. The summed E-state index contributed by atoms with van der Waals surface area (Å²) in [4.78, 5) is 42.1. The number of rotatable bonds is 12. The van der Waals surface area contributed by atoms with E-state index in [2.05, 4.69) is 0 Å². The predicted molar refractivity (Wildman–Crippen MR) is 78.6 cm³/mol. The van der Waals surface area contributed by atoms with Crippen LogP contribution in [0.3, 0.4) is 0 Å². The molecule has 0 amide bonds. The zero-order chi connectivity index (χ0) is 19.1. The Morgan fingerprint density at radius 2 is 0.769 bits per heavy atom. The molecule has 0 aromatic heterocycles. The van der Waals surface area contributed by atoms with E-state index in [4.69, 9.17) is 10.2 Å². The molecule has 0 atom stereocenters. The van der Waals surface area contributed by atoms with E-state index in [1.54, 1.807) is 0 Å². The van der Waals surface area contributed by atoms with Gasteiger partial charge in [-0.25, -0.2) is 0 Å². The summed E-state index contributed by atoms with van der Waals surface area (Å²) >= 11 is 0. The number of hydrogen-bond acceptors (Lipinski definition) is 12. The number of nitrogens with zero attached hydrogens (tertiary/aromatic N) is 2. The van der Waals surface area contributed by atoms with Gasteiger partial charge < -0.3 is 49.8 Å². The number of carboxylic acids is 4. The average molecular weight is 399 g/mol. The third kappa shape index (κ3) is 25.5. The van der Waals surface area contributed by atoms with Crippen LogP contribution >= 0.6 is 0 Å². The quantitative estimate of drug-likeness (QED) is 0.293. The fourth-order valence-corrected chi connectivity index (χ4v) is 1.44. The van der Waals surface area contributed by atoms with Gasteiger partial charge in [0.1, 0.15) is 0 Å². The number of carboxylic acid groups (broad SMARTS) is 4. The first kappa shape index (κ1) is 32.9. The number of aliphatic carboxylic acids is 4. The Morgan fingerprint density at radius 3 is 0.885 bits per heavy atom. The Balaban J connectivity index is -0.000000173. The maximum absolute atomic E-state index is 10.0. The molecule has 0 unspecified atom stereocenters. The van der Waals surface area contributed by atoms with Crippen LogP contribution in [-0.4, -0.2) is 142 Å². The summed E-state index contributed by atoms with van der Waals surface area (Å²) in [5.74, 6) is -5.54. The SMILES string of the molecule is O=C([O-])CN(CCO)CC(=O)[O-].O=C([O-])CN(CCO)CC(=O)[O-].[Mg+2].[Mg+2]. The summed E-state index contributed by atoms with van der Waals surface area (Å²) in [5.41, 5.74) is 0. The van der Waals surface area contributed by atoms with E-state index in [1.807, 2.05) is 0 Å². The first-order valence-corrected chi connectivity index (χ1v) is 6.58. The monoisotopic (exact) mass is 398 g/mol. The molecular formula is C12H18Mg2N2O10. The van der Waals surface area contributed by atoms with E-state index in [0.717, 1.165) is 9.80 Å². The summed E-state index contributed by atoms with van der Waals surface area (Å²) in [5, 5.41) is 56.9. The largest absolute Gasteiger partial charge is 2.00 e. The molecule has 0 aromatic carbocycles. The molecule has 140 valence electrons. The average Bonchev–Trinajstić information content (AvgIpc) is 2.36. The molecular weight excluding hydrogens is 381 g/mol. The molecule has 0 saturated carbocycles. The number of carbonyl (C=O) groups excluding carboxylic acids is 4. The molecule has 0 aliphatic carbocycles. The van der Waals surface area contributed by atoms with Crippen molar-refractivity contribution in [2.45, 2.75) is 0 Å². The first-order chi connectivity index (χ1) is 11.1. The maximum atomic E-state index is 10.0. The van der Waals surface area contributed by atoms with E-state index in [1.165, 1.54) is 0 Å². The van der Waals surface area contributed by atoms with Gasteiger partial charge in [0.05, 0.1) is 37.1 Å². The third-order valence-electron chi connectivity index (χ3n) is 2.24. The number of aliphatic hydroxyl groups excluding tert-OH is 2. The van der Waals surface area contributed by atoms with Gasteiger partial charge in [-0.2, -0.15) is 0 Å². The van der Waals surface area contributed by atoms with Gasteiger partial charge >= 0.3 is 46.1 Å². The summed E-state index contributed by atoms with van der Waals surface area (Å²) in [6.45, 7) is -2.74. The standard InChI is InChI=1S/2C6H11NO5.2Mg/c2*8-2-1-7(3-5(9)10)4-6(11)12;;/h2*8H,1-4H2,(H,9,10)(H,11,12);;/q;;2*+2/p-4. The Morgan fingerprint density at radius 1 is 0.577 bits per heavy atom. The second-order valence-corrected chi connectivity index (χ2v) is 4.36. The van der Waals surface area contributed by atoms with Gasteiger partial charge in [0.25, 0.3) is 0 Å². The van der Waals surface area contributed by atoms with Crippen molar-refractivity contribution in [2.24, 2.45) is 0 Å². The summed E-state index contributed by atoms with van der Waals surface area (Å²) < 4.78 is 0. The third-order valence-corrected chi connectivity index (χ3v) is 2.24. The summed E-state index contributed by atoms with van der Waals surface area (Å²) in [6, 6.07) is 0. The molecule has 0 aliphatic rings. The van der Waals surface area contributed by atoms with Crippen LogP contribution in [0.4, 0.5) is 0 Å². The van der Waals surface area contributed by atoms with Crippen molar-refractivity contribution in [2.75, 3.05) is 52.5 Å². The van der Waals surface area contributed by atoms with Crippen LogP contribution in [0.1, 0.15) is 0 Å². The topological polar surface area (TPSA) is 207 Å². The maximum Gasteiger partial charge on any atom is 2.00 e. The van der Waals surface area contributed by atoms with E-state index < -0.39 is 50.1 Å².